The van der Waals surface area contributed by atoms with Crippen molar-refractivity contribution in [2.45, 2.75) is 28.5 Å². The molecule has 1 atom stereocenters. The summed E-state index contributed by atoms with van der Waals surface area (Å²) in [6, 6.07) is 7.35. The van der Waals surface area contributed by atoms with Crippen LogP contribution in [0.25, 0.3) is 0 Å². The van der Waals surface area contributed by atoms with Gasteiger partial charge in [0.2, 0.25) is 5.16 Å². The van der Waals surface area contributed by atoms with E-state index in [2.05, 4.69) is 37.8 Å². The second-order valence-electron chi connectivity index (χ2n) is 6.40. The first-order chi connectivity index (χ1) is 13.7. The molecule has 2 N–H and O–H groups in total. The van der Waals surface area contributed by atoms with Gasteiger partial charge in [-0.3, -0.25) is 5.10 Å². The standard InChI is InChI=1S/C18H20N6O2S2/c25-18(24-9-5-14(6-10-24)28-17-21-11-22-23-17)26-13-3-1-12(2-4-13)15(27)16-19-7-8-20-16/h1-4,7-8,11,14-15,27H,5-6,9-10H2,(H,19,20)(H,21,22,23). The summed E-state index contributed by atoms with van der Waals surface area (Å²) in [4.78, 5) is 25.6. The third-order valence-electron chi connectivity index (χ3n) is 4.54. The van der Waals surface area contributed by atoms with Gasteiger partial charge in [0.15, 0.2) is 0 Å². The van der Waals surface area contributed by atoms with Gasteiger partial charge in [0, 0.05) is 30.7 Å². The highest BCUT2D eigenvalue weighted by Gasteiger charge is 2.25. The number of rotatable bonds is 5. The molecule has 28 heavy (non-hydrogen) atoms. The Morgan fingerprint density at radius 2 is 2.04 bits per heavy atom. The fraction of sp³-hybridized carbons (Fsp3) is 0.333. The fourth-order valence-corrected chi connectivity index (χ4v) is 4.30. The SMILES string of the molecule is O=C(Oc1ccc(C(S)c2ncc[nH]2)cc1)N1CCC(Sc2nc[nH]n2)CC1. The molecular formula is C18H20N6O2S2. The van der Waals surface area contributed by atoms with Crippen LogP contribution in [0.5, 0.6) is 5.75 Å². The normalized spacial score (nSPS) is 16.1. The first-order valence-electron chi connectivity index (χ1n) is 8.95. The van der Waals surface area contributed by atoms with Gasteiger partial charge >= 0.3 is 6.09 Å². The van der Waals surface area contributed by atoms with Crippen molar-refractivity contribution in [3.63, 3.8) is 0 Å². The van der Waals surface area contributed by atoms with Crippen LogP contribution in [0.3, 0.4) is 0 Å². The molecule has 0 radical (unpaired) electrons. The summed E-state index contributed by atoms with van der Waals surface area (Å²) in [5.41, 5.74) is 0.975. The number of hydrogen-bond donors (Lipinski definition) is 3. The van der Waals surface area contributed by atoms with Gasteiger partial charge in [0.1, 0.15) is 17.9 Å². The minimum Gasteiger partial charge on any atom is -0.410 e. The van der Waals surface area contributed by atoms with Crippen molar-refractivity contribution in [1.82, 2.24) is 30.0 Å². The van der Waals surface area contributed by atoms with Crippen molar-refractivity contribution in [3.05, 3.63) is 54.4 Å². The maximum atomic E-state index is 12.4. The number of likely N-dealkylation sites (tertiary alicyclic amines) is 1. The van der Waals surface area contributed by atoms with Crippen molar-refractivity contribution < 1.29 is 9.53 Å². The maximum absolute atomic E-state index is 12.4. The number of amides is 1. The van der Waals surface area contributed by atoms with E-state index in [0.29, 0.717) is 24.1 Å². The number of aromatic amines is 2. The van der Waals surface area contributed by atoms with Gasteiger partial charge in [-0.2, -0.15) is 12.6 Å². The van der Waals surface area contributed by atoms with E-state index in [1.807, 2.05) is 12.1 Å². The highest BCUT2D eigenvalue weighted by Crippen LogP contribution is 2.29. The van der Waals surface area contributed by atoms with Crippen LogP contribution in [0.1, 0.15) is 29.5 Å². The highest BCUT2D eigenvalue weighted by molar-refractivity contribution is 7.99. The molecule has 0 bridgehead atoms. The molecule has 3 heterocycles. The largest absolute Gasteiger partial charge is 0.415 e. The summed E-state index contributed by atoms with van der Waals surface area (Å²) in [5.74, 6) is 1.30. The summed E-state index contributed by atoms with van der Waals surface area (Å²) >= 11 is 6.22. The zero-order chi connectivity index (χ0) is 19.3. The molecule has 8 nitrogen and oxygen atoms in total. The van der Waals surface area contributed by atoms with Crippen LogP contribution in [-0.2, 0) is 0 Å². The molecule has 10 heteroatoms. The van der Waals surface area contributed by atoms with Gasteiger partial charge in [-0.25, -0.2) is 14.8 Å². The van der Waals surface area contributed by atoms with Gasteiger partial charge in [-0.1, -0.05) is 23.9 Å². The summed E-state index contributed by atoms with van der Waals surface area (Å²) in [6.07, 6.45) is 6.49. The number of H-pyrrole nitrogens is 2. The van der Waals surface area contributed by atoms with Crippen molar-refractivity contribution in [2.24, 2.45) is 0 Å². The maximum Gasteiger partial charge on any atom is 0.415 e. The lowest BCUT2D eigenvalue weighted by Gasteiger charge is -2.30. The van der Waals surface area contributed by atoms with Crippen LogP contribution < -0.4 is 4.74 Å². The highest BCUT2D eigenvalue weighted by atomic mass is 32.2. The fourth-order valence-electron chi connectivity index (χ4n) is 3.03. The third-order valence-corrected chi connectivity index (χ3v) is 6.30. The van der Waals surface area contributed by atoms with Gasteiger partial charge in [-0.05, 0) is 30.5 Å². The average molecular weight is 417 g/mol. The molecule has 0 spiro atoms. The van der Waals surface area contributed by atoms with Gasteiger partial charge in [0.05, 0.1) is 5.25 Å². The van der Waals surface area contributed by atoms with Crippen LogP contribution in [-0.4, -0.2) is 54.5 Å². The topological polar surface area (TPSA) is 99.8 Å². The van der Waals surface area contributed by atoms with E-state index in [0.717, 1.165) is 29.4 Å². The van der Waals surface area contributed by atoms with Gasteiger partial charge in [0.25, 0.3) is 0 Å². The number of benzene rings is 1. The monoisotopic (exact) mass is 416 g/mol. The molecular weight excluding hydrogens is 396 g/mol. The molecule has 3 aromatic rings. The molecule has 1 fully saturated rings. The number of ether oxygens (including phenoxy) is 1. The number of nitrogens with one attached hydrogen (secondary N) is 2. The summed E-state index contributed by atoms with van der Waals surface area (Å²) in [6.45, 7) is 1.33. The van der Waals surface area contributed by atoms with E-state index >= 15 is 0 Å². The molecule has 1 aliphatic rings. The van der Waals surface area contributed by atoms with Crippen LogP contribution >= 0.6 is 24.4 Å². The zero-order valence-electron chi connectivity index (χ0n) is 15.0. The minimum atomic E-state index is -0.317. The average Bonchev–Trinajstić information content (AvgIpc) is 3.43. The van der Waals surface area contributed by atoms with E-state index in [1.165, 1.54) is 0 Å². The van der Waals surface area contributed by atoms with Crippen LogP contribution in [0, 0.1) is 0 Å². The lowest BCUT2D eigenvalue weighted by atomic mass is 10.1. The number of nitrogens with zero attached hydrogens (tertiary/aromatic N) is 4. The first kappa shape index (κ1) is 18.9. The number of carbonyl (C=O) groups excluding carboxylic acids is 1. The number of piperidine rings is 1. The van der Waals surface area contributed by atoms with E-state index in [9.17, 15) is 4.79 Å². The third kappa shape index (κ3) is 4.50. The van der Waals surface area contributed by atoms with Gasteiger partial charge in [-0.15, -0.1) is 5.10 Å². The Kier molecular flexibility index (Phi) is 5.87. The predicted octanol–water partition coefficient (Wildman–Crippen LogP) is 3.30. The summed E-state index contributed by atoms with van der Waals surface area (Å²) in [7, 11) is 0. The molecule has 1 aromatic carbocycles. The Bertz CT molecular complexity index is 877. The lowest BCUT2D eigenvalue weighted by Crippen LogP contribution is -2.40. The second kappa shape index (κ2) is 8.70. The molecule has 1 aliphatic heterocycles. The van der Waals surface area contributed by atoms with Crippen LogP contribution in [0.15, 0.2) is 48.1 Å². The molecule has 0 saturated carbocycles. The van der Waals surface area contributed by atoms with E-state index in [-0.39, 0.29) is 11.3 Å². The molecule has 4 rings (SSSR count). The zero-order valence-corrected chi connectivity index (χ0v) is 16.7. The Morgan fingerprint density at radius 1 is 1.25 bits per heavy atom. The first-order valence-corrected chi connectivity index (χ1v) is 10.3. The number of thiol groups is 1. The lowest BCUT2D eigenvalue weighted by molar-refractivity contribution is 0.143. The number of thioether (sulfide) groups is 1. The molecule has 2 aromatic heterocycles. The van der Waals surface area contributed by atoms with Crippen LogP contribution in [0.4, 0.5) is 4.79 Å². The van der Waals surface area contributed by atoms with Gasteiger partial charge < -0.3 is 14.6 Å². The Balaban J connectivity index is 1.28. The van der Waals surface area contributed by atoms with E-state index in [1.54, 1.807) is 47.5 Å². The van der Waals surface area contributed by atoms with Crippen molar-refractivity contribution in [3.8, 4) is 5.75 Å². The Morgan fingerprint density at radius 3 is 2.68 bits per heavy atom. The molecule has 146 valence electrons. The minimum absolute atomic E-state index is 0.153. The van der Waals surface area contributed by atoms with E-state index < -0.39 is 0 Å². The molecule has 1 amide bonds. The number of aromatic nitrogens is 5. The number of imidazole rings is 1. The summed E-state index contributed by atoms with van der Waals surface area (Å²) < 4.78 is 5.52. The van der Waals surface area contributed by atoms with Crippen molar-refractivity contribution in [1.29, 1.82) is 0 Å². The second-order valence-corrected chi connectivity index (χ2v) is 8.18. The Hall–Kier alpha value is -2.46. The summed E-state index contributed by atoms with van der Waals surface area (Å²) in [5, 5.41) is 7.79. The van der Waals surface area contributed by atoms with Crippen molar-refractivity contribution >= 4 is 30.5 Å². The quantitative estimate of drug-likeness (QED) is 0.552. The molecule has 1 unspecified atom stereocenters. The molecule has 0 aliphatic carbocycles. The Labute approximate surface area is 171 Å². The van der Waals surface area contributed by atoms with Crippen LogP contribution in [0.2, 0.25) is 0 Å². The number of carbonyl (C=O) groups is 1. The molecule has 1 saturated heterocycles. The smallest absolute Gasteiger partial charge is 0.410 e. The number of hydrogen-bond acceptors (Lipinski definition) is 7. The van der Waals surface area contributed by atoms with Crippen molar-refractivity contribution in [2.75, 3.05) is 13.1 Å². The predicted molar refractivity (Wildman–Crippen MR) is 109 cm³/mol. The van der Waals surface area contributed by atoms with E-state index in [4.69, 9.17) is 4.74 Å².